The average Bonchev–Trinajstić information content (AvgIpc) is 3.25. The molecular formula is C17H24N2O5. The number of alkyl carbamates (subject to hydrolysis) is 1. The highest BCUT2D eigenvalue weighted by Crippen LogP contribution is 2.48. The van der Waals surface area contributed by atoms with Gasteiger partial charge in [-0.3, -0.25) is 14.5 Å². The SMILES string of the molecule is O=C(NC1CCCCC1)OCCN1C(=O)C2C3CCC(O3)C2C1=O. The smallest absolute Gasteiger partial charge is 0.407 e. The predicted octanol–water partition coefficient (Wildman–Crippen LogP) is 1.21. The van der Waals surface area contributed by atoms with Gasteiger partial charge in [0.25, 0.3) is 0 Å². The Kier molecular flexibility index (Phi) is 4.20. The maximum Gasteiger partial charge on any atom is 0.407 e. The number of ether oxygens (including phenoxy) is 2. The molecule has 4 rings (SSSR count). The van der Waals surface area contributed by atoms with Gasteiger partial charge in [-0.2, -0.15) is 0 Å². The first-order valence-electron chi connectivity index (χ1n) is 9.09. The topological polar surface area (TPSA) is 84.9 Å². The molecule has 3 aliphatic heterocycles. The zero-order valence-electron chi connectivity index (χ0n) is 13.7. The number of amides is 3. The van der Waals surface area contributed by atoms with Crippen molar-refractivity contribution < 1.29 is 23.9 Å². The van der Waals surface area contributed by atoms with Crippen molar-refractivity contribution in [3.63, 3.8) is 0 Å². The summed E-state index contributed by atoms with van der Waals surface area (Å²) >= 11 is 0. The number of carbonyl (C=O) groups excluding carboxylic acids is 3. The quantitative estimate of drug-likeness (QED) is 0.780. The molecule has 0 radical (unpaired) electrons. The van der Waals surface area contributed by atoms with Gasteiger partial charge in [0.05, 0.1) is 30.6 Å². The van der Waals surface area contributed by atoms with Crippen LogP contribution in [-0.2, 0) is 19.1 Å². The van der Waals surface area contributed by atoms with E-state index < -0.39 is 6.09 Å². The standard InChI is InChI=1S/C17H24N2O5/c20-15-13-11-6-7-12(24-11)14(13)16(21)19(15)8-9-23-17(22)18-10-4-2-1-3-5-10/h10-14H,1-9H2,(H,18,22). The molecule has 4 atom stereocenters. The van der Waals surface area contributed by atoms with E-state index in [0.29, 0.717) is 0 Å². The van der Waals surface area contributed by atoms with Crippen LogP contribution in [0.4, 0.5) is 4.79 Å². The summed E-state index contributed by atoms with van der Waals surface area (Å²) in [7, 11) is 0. The highest BCUT2D eigenvalue weighted by Gasteiger charge is 2.62. The fourth-order valence-electron chi connectivity index (χ4n) is 4.68. The van der Waals surface area contributed by atoms with Crippen molar-refractivity contribution in [1.29, 1.82) is 0 Å². The van der Waals surface area contributed by atoms with Gasteiger partial charge in [0.1, 0.15) is 6.61 Å². The van der Waals surface area contributed by atoms with Crippen LogP contribution >= 0.6 is 0 Å². The number of hydrogen-bond donors (Lipinski definition) is 1. The van der Waals surface area contributed by atoms with Crippen molar-refractivity contribution >= 4 is 17.9 Å². The van der Waals surface area contributed by atoms with E-state index in [9.17, 15) is 14.4 Å². The van der Waals surface area contributed by atoms with Crippen LogP contribution in [0.15, 0.2) is 0 Å². The highest BCUT2D eigenvalue weighted by molar-refractivity contribution is 6.06. The van der Waals surface area contributed by atoms with Crippen molar-refractivity contribution in [1.82, 2.24) is 10.2 Å². The third-order valence-electron chi connectivity index (χ3n) is 5.85. The van der Waals surface area contributed by atoms with E-state index in [1.165, 1.54) is 11.3 Å². The summed E-state index contributed by atoms with van der Waals surface area (Å²) in [6, 6.07) is 0.188. The van der Waals surface area contributed by atoms with Crippen LogP contribution in [0.5, 0.6) is 0 Å². The molecule has 0 spiro atoms. The Balaban J connectivity index is 1.25. The number of rotatable bonds is 4. The Morgan fingerprint density at radius 3 is 2.29 bits per heavy atom. The molecule has 0 aromatic rings. The number of fused-ring (bicyclic) bond motifs is 5. The van der Waals surface area contributed by atoms with E-state index in [4.69, 9.17) is 9.47 Å². The molecule has 3 amide bonds. The van der Waals surface area contributed by atoms with Crippen LogP contribution in [0.2, 0.25) is 0 Å². The Morgan fingerprint density at radius 2 is 1.67 bits per heavy atom. The van der Waals surface area contributed by atoms with Gasteiger partial charge in [-0.25, -0.2) is 4.79 Å². The molecule has 7 heteroatoms. The maximum atomic E-state index is 12.4. The minimum Gasteiger partial charge on any atom is -0.448 e. The molecule has 1 N–H and O–H groups in total. The molecule has 132 valence electrons. The molecule has 0 aromatic carbocycles. The zero-order chi connectivity index (χ0) is 16.7. The lowest BCUT2D eigenvalue weighted by molar-refractivity contribution is -0.143. The first-order valence-corrected chi connectivity index (χ1v) is 9.09. The number of nitrogens with zero attached hydrogens (tertiary/aromatic N) is 1. The molecule has 2 bridgehead atoms. The van der Waals surface area contributed by atoms with Gasteiger partial charge in [-0.15, -0.1) is 0 Å². The maximum absolute atomic E-state index is 12.4. The van der Waals surface area contributed by atoms with E-state index in [2.05, 4.69) is 5.32 Å². The lowest BCUT2D eigenvalue weighted by Gasteiger charge is -2.22. The molecule has 0 aromatic heterocycles. The van der Waals surface area contributed by atoms with Crippen LogP contribution in [-0.4, -0.2) is 54.2 Å². The van der Waals surface area contributed by atoms with Crippen LogP contribution in [0.3, 0.4) is 0 Å². The summed E-state index contributed by atoms with van der Waals surface area (Å²) in [4.78, 5) is 38.0. The number of carbonyl (C=O) groups is 3. The summed E-state index contributed by atoms with van der Waals surface area (Å²) in [6.45, 7) is 0.188. The monoisotopic (exact) mass is 336 g/mol. The summed E-state index contributed by atoms with van der Waals surface area (Å²) in [5.74, 6) is -0.943. The van der Waals surface area contributed by atoms with Crippen molar-refractivity contribution in [2.45, 2.75) is 63.2 Å². The molecule has 4 aliphatic rings. The van der Waals surface area contributed by atoms with Gasteiger partial charge in [-0.05, 0) is 25.7 Å². The summed E-state index contributed by atoms with van der Waals surface area (Å²) in [5.41, 5.74) is 0. The molecule has 3 heterocycles. The predicted molar refractivity (Wildman–Crippen MR) is 83.0 cm³/mol. The van der Waals surface area contributed by atoms with E-state index in [1.807, 2.05) is 0 Å². The molecule has 24 heavy (non-hydrogen) atoms. The van der Waals surface area contributed by atoms with Gasteiger partial charge < -0.3 is 14.8 Å². The van der Waals surface area contributed by atoms with Crippen LogP contribution < -0.4 is 5.32 Å². The molecule has 3 saturated heterocycles. The van der Waals surface area contributed by atoms with Crippen LogP contribution in [0.1, 0.15) is 44.9 Å². The number of likely N-dealkylation sites (tertiary alicyclic amines) is 1. The zero-order valence-corrected chi connectivity index (χ0v) is 13.7. The number of imide groups is 1. The van der Waals surface area contributed by atoms with Gasteiger partial charge in [0.2, 0.25) is 11.8 Å². The van der Waals surface area contributed by atoms with Crippen molar-refractivity contribution in [2.75, 3.05) is 13.2 Å². The van der Waals surface area contributed by atoms with Crippen LogP contribution in [0.25, 0.3) is 0 Å². The Bertz CT molecular complexity index is 517. The number of hydrogen-bond acceptors (Lipinski definition) is 5. The lowest BCUT2D eigenvalue weighted by atomic mass is 9.81. The van der Waals surface area contributed by atoms with E-state index >= 15 is 0 Å². The lowest BCUT2D eigenvalue weighted by Crippen LogP contribution is -2.40. The Labute approximate surface area is 141 Å². The summed E-state index contributed by atoms with van der Waals surface area (Å²) in [6.07, 6.45) is 6.54. The molecule has 7 nitrogen and oxygen atoms in total. The Hall–Kier alpha value is -1.63. The second kappa shape index (κ2) is 6.35. The molecule has 1 saturated carbocycles. The van der Waals surface area contributed by atoms with Crippen molar-refractivity contribution in [3.05, 3.63) is 0 Å². The average molecular weight is 336 g/mol. The fraction of sp³-hybridized carbons (Fsp3) is 0.824. The first kappa shape index (κ1) is 15.9. The molecular weight excluding hydrogens is 312 g/mol. The van der Waals surface area contributed by atoms with Crippen LogP contribution in [0, 0.1) is 11.8 Å². The first-order chi connectivity index (χ1) is 11.6. The van der Waals surface area contributed by atoms with Crippen molar-refractivity contribution in [2.24, 2.45) is 11.8 Å². The summed E-state index contributed by atoms with van der Waals surface area (Å²) < 4.78 is 10.9. The molecule has 4 unspecified atom stereocenters. The third-order valence-corrected chi connectivity index (χ3v) is 5.85. The largest absolute Gasteiger partial charge is 0.448 e. The minimum atomic E-state index is -0.454. The second-order valence-electron chi connectivity index (χ2n) is 7.29. The number of nitrogens with one attached hydrogen (secondary N) is 1. The van der Waals surface area contributed by atoms with Crippen molar-refractivity contribution in [3.8, 4) is 0 Å². The third kappa shape index (κ3) is 2.68. The summed E-state index contributed by atoms with van der Waals surface area (Å²) in [5, 5.41) is 2.86. The van der Waals surface area contributed by atoms with E-state index in [0.717, 1.165) is 38.5 Å². The van der Waals surface area contributed by atoms with Gasteiger partial charge >= 0.3 is 6.09 Å². The van der Waals surface area contributed by atoms with E-state index in [1.54, 1.807) is 0 Å². The minimum absolute atomic E-state index is 0.0473. The molecule has 1 aliphatic carbocycles. The fourth-order valence-corrected chi connectivity index (χ4v) is 4.68. The van der Waals surface area contributed by atoms with E-state index in [-0.39, 0.29) is 55.1 Å². The van der Waals surface area contributed by atoms with Gasteiger partial charge in [0.15, 0.2) is 0 Å². The normalized spacial score (nSPS) is 35.4. The molecule has 4 fully saturated rings. The highest BCUT2D eigenvalue weighted by atomic mass is 16.5. The van der Waals surface area contributed by atoms with Gasteiger partial charge in [-0.1, -0.05) is 19.3 Å². The van der Waals surface area contributed by atoms with Gasteiger partial charge in [0, 0.05) is 6.04 Å². The second-order valence-corrected chi connectivity index (χ2v) is 7.29. The Morgan fingerprint density at radius 1 is 1.04 bits per heavy atom.